The van der Waals surface area contributed by atoms with Crippen molar-refractivity contribution in [2.45, 2.75) is 20.8 Å². The second kappa shape index (κ2) is 5.75. The minimum Gasteiger partial charge on any atom is -0.466 e. The minimum atomic E-state index is -0.432. The van der Waals surface area contributed by atoms with Gasteiger partial charge >= 0.3 is 0 Å². The van der Waals surface area contributed by atoms with Gasteiger partial charge in [-0.05, 0) is 38.5 Å². The number of nitrogens with zero attached hydrogens (tertiary/aromatic N) is 1. The number of nitro groups is 1. The Morgan fingerprint density at radius 1 is 1.24 bits per heavy atom. The lowest BCUT2D eigenvalue weighted by Crippen LogP contribution is -1.94. The van der Waals surface area contributed by atoms with Gasteiger partial charge in [-0.1, -0.05) is 18.2 Å². The maximum Gasteiger partial charge on any atom is 0.272 e. The molecule has 0 fully saturated rings. The van der Waals surface area contributed by atoms with Crippen LogP contribution < -0.4 is 0 Å². The zero-order valence-corrected chi connectivity index (χ0v) is 12.0. The van der Waals surface area contributed by atoms with Crippen LogP contribution >= 0.6 is 0 Å². The topological polar surface area (TPSA) is 73.3 Å². The third-order valence-electron chi connectivity index (χ3n) is 3.16. The summed E-state index contributed by atoms with van der Waals surface area (Å²) in [6.07, 6.45) is 2.96. The van der Waals surface area contributed by atoms with Crippen molar-refractivity contribution in [2.24, 2.45) is 0 Å². The molecular weight excluding hydrogens is 270 g/mol. The van der Waals surface area contributed by atoms with E-state index in [-0.39, 0.29) is 11.5 Å². The summed E-state index contributed by atoms with van der Waals surface area (Å²) in [6.45, 7) is 5.18. The average Bonchev–Trinajstić information content (AvgIpc) is 2.76. The number of benzene rings is 1. The SMILES string of the molecule is Cc1cc(C(=O)/C=C/c2ccc(C)c([N+](=O)[O-])c2)c(C)o1. The molecule has 2 rings (SSSR count). The fourth-order valence-electron chi connectivity index (χ4n) is 2.06. The Morgan fingerprint density at radius 3 is 2.52 bits per heavy atom. The zero-order valence-electron chi connectivity index (χ0n) is 12.0. The van der Waals surface area contributed by atoms with E-state index in [9.17, 15) is 14.9 Å². The molecule has 0 saturated carbocycles. The van der Waals surface area contributed by atoms with Crippen molar-refractivity contribution in [1.29, 1.82) is 0 Å². The van der Waals surface area contributed by atoms with E-state index in [1.165, 1.54) is 12.1 Å². The molecule has 0 aliphatic rings. The summed E-state index contributed by atoms with van der Waals surface area (Å²) in [5, 5.41) is 10.9. The van der Waals surface area contributed by atoms with Crippen molar-refractivity contribution in [3.05, 3.63) is 68.7 Å². The molecular formula is C16H15NO4. The van der Waals surface area contributed by atoms with Crippen molar-refractivity contribution in [3.8, 4) is 0 Å². The molecule has 5 heteroatoms. The molecule has 0 saturated heterocycles. The molecule has 108 valence electrons. The molecule has 0 unspecified atom stereocenters. The van der Waals surface area contributed by atoms with Crippen molar-refractivity contribution < 1.29 is 14.1 Å². The number of ketones is 1. The molecule has 2 aromatic rings. The smallest absolute Gasteiger partial charge is 0.272 e. The summed E-state index contributed by atoms with van der Waals surface area (Å²) in [6, 6.07) is 6.53. The largest absolute Gasteiger partial charge is 0.466 e. The fourth-order valence-corrected chi connectivity index (χ4v) is 2.06. The highest BCUT2D eigenvalue weighted by molar-refractivity contribution is 6.07. The second-order valence-electron chi connectivity index (χ2n) is 4.83. The number of allylic oxidation sites excluding steroid dienone is 1. The van der Waals surface area contributed by atoms with E-state index < -0.39 is 4.92 Å². The number of carbonyl (C=O) groups excluding carboxylic acids is 1. The fraction of sp³-hybridized carbons (Fsp3) is 0.188. The molecule has 0 N–H and O–H groups in total. The van der Waals surface area contributed by atoms with Crippen molar-refractivity contribution in [3.63, 3.8) is 0 Å². The van der Waals surface area contributed by atoms with Gasteiger partial charge in [0.1, 0.15) is 11.5 Å². The van der Waals surface area contributed by atoms with Crippen LogP contribution in [-0.2, 0) is 0 Å². The number of aryl methyl sites for hydroxylation is 3. The number of carbonyl (C=O) groups is 1. The lowest BCUT2D eigenvalue weighted by molar-refractivity contribution is -0.385. The predicted octanol–water partition coefficient (Wildman–Crippen LogP) is 4.01. The van der Waals surface area contributed by atoms with Gasteiger partial charge in [-0.3, -0.25) is 14.9 Å². The lowest BCUT2D eigenvalue weighted by atomic mass is 10.1. The van der Waals surface area contributed by atoms with Crippen molar-refractivity contribution in [1.82, 2.24) is 0 Å². The van der Waals surface area contributed by atoms with Crippen molar-refractivity contribution in [2.75, 3.05) is 0 Å². The van der Waals surface area contributed by atoms with E-state index >= 15 is 0 Å². The number of hydrogen-bond acceptors (Lipinski definition) is 4. The lowest BCUT2D eigenvalue weighted by Gasteiger charge is -1.98. The molecule has 0 spiro atoms. The van der Waals surface area contributed by atoms with Crippen LogP contribution in [0.1, 0.15) is 33.0 Å². The van der Waals surface area contributed by atoms with E-state index in [4.69, 9.17) is 4.42 Å². The summed E-state index contributed by atoms with van der Waals surface area (Å²) < 4.78 is 5.31. The van der Waals surface area contributed by atoms with Gasteiger partial charge in [0, 0.05) is 11.6 Å². The Kier molecular flexibility index (Phi) is 4.03. The molecule has 0 amide bonds. The first-order valence-electron chi connectivity index (χ1n) is 6.43. The highest BCUT2D eigenvalue weighted by Gasteiger charge is 2.12. The summed E-state index contributed by atoms with van der Waals surface area (Å²) in [5.74, 6) is 1.06. The van der Waals surface area contributed by atoms with Crippen LogP contribution in [0.25, 0.3) is 6.08 Å². The second-order valence-corrected chi connectivity index (χ2v) is 4.83. The molecule has 5 nitrogen and oxygen atoms in total. The van der Waals surface area contributed by atoms with Crippen LogP contribution in [0.2, 0.25) is 0 Å². The maximum atomic E-state index is 12.1. The molecule has 1 aromatic heterocycles. The van der Waals surface area contributed by atoms with Gasteiger partial charge in [0.25, 0.3) is 5.69 Å². The summed E-state index contributed by atoms with van der Waals surface area (Å²) in [5.41, 5.74) is 1.74. The number of furan rings is 1. The van der Waals surface area contributed by atoms with Gasteiger partial charge in [-0.15, -0.1) is 0 Å². The Hall–Kier alpha value is -2.69. The molecule has 1 aromatic carbocycles. The van der Waals surface area contributed by atoms with Crippen LogP contribution in [0, 0.1) is 30.9 Å². The highest BCUT2D eigenvalue weighted by Crippen LogP contribution is 2.20. The Labute approximate surface area is 122 Å². The molecule has 21 heavy (non-hydrogen) atoms. The van der Waals surface area contributed by atoms with E-state index in [2.05, 4.69) is 0 Å². The highest BCUT2D eigenvalue weighted by atomic mass is 16.6. The van der Waals surface area contributed by atoms with Crippen LogP contribution in [0.15, 0.2) is 34.8 Å². The van der Waals surface area contributed by atoms with Gasteiger partial charge in [0.15, 0.2) is 5.78 Å². The molecule has 0 bridgehead atoms. The molecule has 0 radical (unpaired) electrons. The maximum absolute atomic E-state index is 12.1. The monoisotopic (exact) mass is 285 g/mol. The van der Waals surface area contributed by atoms with Gasteiger partial charge in [0.05, 0.1) is 10.5 Å². The van der Waals surface area contributed by atoms with Crippen LogP contribution in [0.4, 0.5) is 5.69 Å². The summed E-state index contributed by atoms with van der Waals surface area (Å²) >= 11 is 0. The van der Waals surface area contributed by atoms with Gasteiger partial charge in [-0.2, -0.15) is 0 Å². The molecule has 0 atom stereocenters. The van der Waals surface area contributed by atoms with E-state index in [1.807, 2.05) is 0 Å². The third-order valence-corrected chi connectivity index (χ3v) is 3.16. The normalized spacial score (nSPS) is 11.0. The quantitative estimate of drug-likeness (QED) is 0.368. The molecule has 1 heterocycles. The van der Waals surface area contributed by atoms with E-state index in [1.54, 1.807) is 45.0 Å². The Balaban J connectivity index is 2.25. The standard InChI is InChI=1S/C16H15NO4/c1-10-4-5-13(9-15(10)17(19)20)6-7-16(18)14-8-11(2)21-12(14)3/h4-9H,1-3H3/b7-6+. The predicted molar refractivity (Wildman–Crippen MR) is 79.4 cm³/mol. The van der Waals surface area contributed by atoms with Crippen LogP contribution in [0.5, 0.6) is 0 Å². The Bertz CT molecular complexity index is 741. The zero-order chi connectivity index (χ0) is 15.6. The summed E-state index contributed by atoms with van der Waals surface area (Å²) in [4.78, 5) is 22.5. The van der Waals surface area contributed by atoms with Gasteiger partial charge < -0.3 is 4.42 Å². The minimum absolute atomic E-state index is 0.0416. The van der Waals surface area contributed by atoms with Crippen LogP contribution in [-0.4, -0.2) is 10.7 Å². The first-order chi connectivity index (χ1) is 9.88. The first kappa shape index (κ1) is 14.7. The van der Waals surface area contributed by atoms with Gasteiger partial charge in [0.2, 0.25) is 0 Å². The number of hydrogen-bond donors (Lipinski definition) is 0. The third kappa shape index (κ3) is 3.25. The van der Waals surface area contributed by atoms with Gasteiger partial charge in [-0.25, -0.2) is 0 Å². The average molecular weight is 285 g/mol. The molecule has 0 aliphatic carbocycles. The number of rotatable bonds is 4. The van der Waals surface area contributed by atoms with Crippen molar-refractivity contribution >= 4 is 17.5 Å². The Morgan fingerprint density at radius 2 is 1.95 bits per heavy atom. The summed E-state index contributed by atoms with van der Waals surface area (Å²) in [7, 11) is 0. The van der Waals surface area contributed by atoms with E-state index in [0.717, 1.165) is 0 Å². The molecule has 0 aliphatic heterocycles. The van der Waals surface area contributed by atoms with Crippen LogP contribution in [0.3, 0.4) is 0 Å². The van der Waals surface area contributed by atoms with E-state index in [0.29, 0.717) is 28.2 Å². The number of nitro benzene ring substituents is 1. The first-order valence-corrected chi connectivity index (χ1v) is 6.43.